The minimum absolute atomic E-state index is 0.912. The molecule has 0 spiro atoms. The number of allylic oxidation sites excluding steroid dienone is 4. The minimum Gasteiger partial charge on any atom is -0.454 e. The SMILES string of the molecule is C1=CCCC(n2c3ccccc3c3c(-c4ccc(-c5ccc(N(c6ccccc6)c6cccc7ccccc67)cc5)cc4)cc4c5ccccc5oc4c32)=C1. The summed E-state index contributed by atoms with van der Waals surface area (Å²) in [5.41, 5.74) is 13.6. The second kappa shape index (κ2) is 12.8. The first-order valence-corrected chi connectivity index (χ1v) is 19.1. The van der Waals surface area contributed by atoms with E-state index >= 15 is 0 Å². The van der Waals surface area contributed by atoms with E-state index < -0.39 is 0 Å². The molecule has 3 nitrogen and oxygen atoms in total. The molecule has 0 saturated carbocycles. The van der Waals surface area contributed by atoms with Gasteiger partial charge >= 0.3 is 0 Å². The first-order chi connectivity index (χ1) is 27.3. The Hall–Kier alpha value is -7.10. The monoisotopic (exact) mass is 704 g/mol. The van der Waals surface area contributed by atoms with Crippen molar-refractivity contribution in [1.82, 2.24) is 4.57 Å². The molecule has 2 aromatic heterocycles. The molecule has 0 amide bonds. The molecule has 0 saturated heterocycles. The number of hydrogen-bond donors (Lipinski definition) is 0. The van der Waals surface area contributed by atoms with Crippen LogP contribution in [0, 0.1) is 0 Å². The van der Waals surface area contributed by atoms with Gasteiger partial charge in [-0.3, -0.25) is 0 Å². The van der Waals surface area contributed by atoms with Crippen LogP contribution in [-0.2, 0) is 0 Å². The number of rotatable bonds is 6. The lowest BCUT2D eigenvalue weighted by atomic mass is 9.95. The number of nitrogens with zero attached hydrogens (tertiary/aromatic N) is 2. The van der Waals surface area contributed by atoms with E-state index in [1.807, 2.05) is 0 Å². The molecule has 2 heterocycles. The molecular formula is C52H36N2O. The normalized spacial score (nSPS) is 13.0. The summed E-state index contributed by atoms with van der Waals surface area (Å²) in [5, 5.41) is 7.19. The van der Waals surface area contributed by atoms with Crippen LogP contribution in [0.3, 0.4) is 0 Å². The fourth-order valence-corrected chi connectivity index (χ4v) is 8.68. The average molecular weight is 705 g/mol. The molecule has 55 heavy (non-hydrogen) atoms. The largest absolute Gasteiger partial charge is 0.454 e. The quantitative estimate of drug-likeness (QED) is 0.172. The Kier molecular flexibility index (Phi) is 7.31. The van der Waals surface area contributed by atoms with Gasteiger partial charge in [0.2, 0.25) is 0 Å². The Morgan fingerprint density at radius 3 is 1.98 bits per heavy atom. The molecule has 0 fully saturated rings. The molecule has 0 radical (unpaired) electrons. The van der Waals surface area contributed by atoms with Gasteiger partial charge in [0.25, 0.3) is 0 Å². The van der Waals surface area contributed by atoms with Crippen molar-refractivity contribution in [3.63, 3.8) is 0 Å². The maximum absolute atomic E-state index is 6.73. The van der Waals surface area contributed by atoms with Crippen molar-refractivity contribution in [2.45, 2.75) is 12.8 Å². The Morgan fingerprint density at radius 2 is 1.18 bits per heavy atom. The van der Waals surface area contributed by atoms with E-state index in [1.165, 1.54) is 55.0 Å². The summed E-state index contributed by atoms with van der Waals surface area (Å²) in [7, 11) is 0. The van der Waals surface area contributed by atoms with E-state index in [1.54, 1.807) is 0 Å². The fourth-order valence-electron chi connectivity index (χ4n) is 8.68. The van der Waals surface area contributed by atoms with Crippen LogP contribution in [0.5, 0.6) is 0 Å². The van der Waals surface area contributed by atoms with E-state index in [2.05, 4.69) is 204 Å². The van der Waals surface area contributed by atoms with Gasteiger partial charge in [-0.1, -0.05) is 140 Å². The number of furan rings is 1. The predicted octanol–water partition coefficient (Wildman–Crippen LogP) is 14.8. The summed E-state index contributed by atoms with van der Waals surface area (Å²) < 4.78 is 9.18. The van der Waals surface area contributed by atoms with Crippen LogP contribution >= 0.6 is 0 Å². The van der Waals surface area contributed by atoms with Gasteiger partial charge in [0.1, 0.15) is 5.58 Å². The standard InChI is InChI=1S/C52H36N2O/c1-3-16-39(17-4-1)53(47-24-13-15-37-14-7-8-20-42(37)47)41-32-30-36(31-33-41)35-26-28-38(29-27-35)45-34-46-43-21-10-12-25-49(43)55-52(46)51-50(45)44-22-9-11-23-48(44)54(51)40-18-5-2-6-19-40/h1-5,7-18,20-34H,6,19H2. The first kappa shape index (κ1) is 31.4. The number of anilines is 3. The number of para-hydroxylation sites is 3. The zero-order chi connectivity index (χ0) is 36.3. The van der Waals surface area contributed by atoms with Gasteiger partial charge in [-0.25, -0.2) is 0 Å². The molecule has 260 valence electrons. The van der Waals surface area contributed by atoms with E-state index in [9.17, 15) is 0 Å². The molecule has 11 rings (SSSR count). The summed E-state index contributed by atoms with van der Waals surface area (Å²) in [6, 6.07) is 63.4. The number of aromatic nitrogens is 1. The zero-order valence-electron chi connectivity index (χ0n) is 30.2. The summed E-state index contributed by atoms with van der Waals surface area (Å²) in [6.07, 6.45) is 8.71. The van der Waals surface area contributed by atoms with Crippen molar-refractivity contribution in [2.75, 3.05) is 4.90 Å². The van der Waals surface area contributed by atoms with E-state index in [0.717, 1.165) is 57.4 Å². The molecule has 0 N–H and O–H groups in total. The Morgan fingerprint density at radius 1 is 0.527 bits per heavy atom. The highest BCUT2D eigenvalue weighted by Gasteiger charge is 2.24. The summed E-state index contributed by atoms with van der Waals surface area (Å²) in [5.74, 6) is 0. The maximum Gasteiger partial charge on any atom is 0.160 e. The van der Waals surface area contributed by atoms with Crippen molar-refractivity contribution in [3.8, 4) is 22.3 Å². The van der Waals surface area contributed by atoms with Crippen molar-refractivity contribution < 1.29 is 4.42 Å². The molecular weight excluding hydrogens is 669 g/mol. The molecule has 0 bridgehead atoms. The fraction of sp³-hybridized carbons (Fsp3) is 0.0385. The van der Waals surface area contributed by atoms with Gasteiger partial charge in [-0.2, -0.15) is 0 Å². The smallest absolute Gasteiger partial charge is 0.160 e. The van der Waals surface area contributed by atoms with Gasteiger partial charge in [-0.15, -0.1) is 0 Å². The van der Waals surface area contributed by atoms with E-state index in [0.29, 0.717) is 0 Å². The van der Waals surface area contributed by atoms with Gasteiger partial charge in [0.05, 0.1) is 16.7 Å². The topological polar surface area (TPSA) is 21.3 Å². The molecule has 0 atom stereocenters. The lowest BCUT2D eigenvalue weighted by Crippen LogP contribution is -2.10. The van der Waals surface area contributed by atoms with Crippen LogP contribution in [0.4, 0.5) is 17.1 Å². The van der Waals surface area contributed by atoms with Crippen molar-refractivity contribution in [1.29, 1.82) is 0 Å². The van der Waals surface area contributed by atoms with E-state index in [4.69, 9.17) is 4.42 Å². The molecule has 1 aliphatic rings. The van der Waals surface area contributed by atoms with Crippen LogP contribution in [-0.4, -0.2) is 4.57 Å². The highest BCUT2D eigenvalue weighted by molar-refractivity contribution is 6.26. The van der Waals surface area contributed by atoms with Crippen LogP contribution in [0.15, 0.2) is 199 Å². The maximum atomic E-state index is 6.73. The Balaban J connectivity index is 1.04. The molecule has 3 heteroatoms. The average Bonchev–Trinajstić information content (AvgIpc) is 3.81. The van der Waals surface area contributed by atoms with Gasteiger partial charge < -0.3 is 13.9 Å². The lowest BCUT2D eigenvalue weighted by Gasteiger charge is -2.27. The van der Waals surface area contributed by atoms with Crippen LogP contribution < -0.4 is 4.90 Å². The van der Waals surface area contributed by atoms with Gasteiger partial charge in [0.15, 0.2) is 5.58 Å². The third kappa shape index (κ3) is 5.12. The first-order valence-electron chi connectivity index (χ1n) is 19.1. The molecule has 1 aliphatic carbocycles. The zero-order valence-corrected chi connectivity index (χ0v) is 30.2. The van der Waals surface area contributed by atoms with Crippen LogP contribution in [0.2, 0.25) is 0 Å². The van der Waals surface area contributed by atoms with Crippen LogP contribution in [0.1, 0.15) is 12.8 Å². The highest BCUT2D eigenvalue weighted by Crippen LogP contribution is 2.46. The number of fused-ring (bicyclic) bond motifs is 8. The second-order valence-electron chi connectivity index (χ2n) is 14.4. The lowest BCUT2D eigenvalue weighted by molar-refractivity contribution is 0.671. The van der Waals surface area contributed by atoms with Crippen LogP contribution in [0.25, 0.3) is 82.5 Å². The summed E-state index contributed by atoms with van der Waals surface area (Å²) in [6.45, 7) is 0. The number of benzene rings is 8. The van der Waals surface area contributed by atoms with Crippen molar-refractivity contribution in [3.05, 3.63) is 194 Å². The van der Waals surface area contributed by atoms with E-state index in [-0.39, 0.29) is 0 Å². The highest BCUT2D eigenvalue weighted by atomic mass is 16.3. The summed E-state index contributed by atoms with van der Waals surface area (Å²) >= 11 is 0. The minimum atomic E-state index is 0.912. The molecule has 0 unspecified atom stereocenters. The third-order valence-corrected chi connectivity index (χ3v) is 11.2. The Bertz CT molecular complexity index is 3120. The van der Waals surface area contributed by atoms with Gasteiger partial charge in [-0.05, 0) is 95.1 Å². The second-order valence-corrected chi connectivity index (χ2v) is 14.4. The van der Waals surface area contributed by atoms with Crippen molar-refractivity contribution >= 4 is 77.3 Å². The summed E-state index contributed by atoms with van der Waals surface area (Å²) in [4.78, 5) is 2.35. The molecule has 10 aromatic rings. The Labute approximate surface area is 319 Å². The third-order valence-electron chi connectivity index (χ3n) is 11.2. The number of hydrogen-bond acceptors (Lipinski definition) is 2. The van der Waals surface area contributed by atoms with Gasteiger partial charge in [0, 0.05) is 44.0 Å². The molecule has 0 aliphatic heterocycles. The predicted molar refractivity (Wildman–Crippen MR) is 232 cm³/mol. The molecule has 8 aromatic carbocycles. The van der Waals surface area contributed by atoms with Crippen molar-refractivity contribution in [2.24, 2.45) is 0 Å².